The third-order valence-corrected chi connectivity index (χ3v) is 3.33. The van der Waals surface area contributed by atoms with E-state index in [1.54, 1.807) is 54.7 Å². The Morgan fingerprint density at radius 3 is 2.67 bits per heavy atom. The number of hydrogen-bond acceptors (Lipinski definition) is 6. The number of pyridine rings is 1. The predicted octanol–water partition coefficient (Wildman–Crippen LogP) is 3.06. The van der Waals surface area contributed by atoms with Crippen molar-refractivity contribution in [2.45, 2.75) is 0 Å². The second kappa shape index (κ2) is 8.91. The summed E-state index contributed by atoms with van der Waals surface area (Å²) in [6.07, 6.45) is 8.84. The monoisotopic (exact) mass is 361 g/mol. The summed E-state index contributed by atoms with van der Waals surface area (Å²) >= 11 is 0. The van der Waals surface area contributed by atoms with Crippen LogP contribution in [0.1, 0.15) is 21.7 Å². The van der Waals surface area contributed by atoms with Crippen LogP contribution in [0.4, 0.5) is 0 Å². The smallest absolute Gasteiger partial charge is 0.336 e. The van der Waals surface area contributed by atoms with E-state index in [4.69, 9.17) is 9.15 Å². The van der Waals surface area contributed by atoms with Gasteiger partial charge in [0.15, 0.2) is 0 Å². The molecule has 0 saturated carbocycles. The molecule has 0 radical (unpaired) electrons. The Hall–Kier alpha value is -4.00. The summed E-state index contributed by atoms with van der Waals surface area (Å²) in [4.78, 5) is 27.4. The summed E-state index contributed by atoms with van der Waals surface area (Å²) in [5, 5.41) is 3.88. The zero-order valence-corrected chi connectivity index (χ0v) is 14.1. The number of benzene rings is 1. The number of ether oxygens (including phenoxy) is 1. The quantitative estimate of drug-likeness (QED) is 0.239. The maximum Gasteiger partial charge on any atom is 0.336 e. The van der Waals surface area contributed by atoms with Gasteiger partial charge in [-0.15, -0.1) is 0 Å². The Morgan fingerprint density at radius 1 is 1.11 bits per heavy atom. The van der Waals surface area contributed by atoms with E-state index in [9.17, 15) is 9.59 Å². The average Bonchev–Trinajstić information content (AvgIpc) is 3.22. The highest BCUT2D eigenvalue weighted by molar-refractivity contribution is 5.94. The number of aromatic nitrogens is 1. The normalized spacial score (nSPS) is 11.0. The highest BCUT2D eigenvalue weighted by Gasteiger charge is 2.03. The number of amides is 1. The van der Waals surface area contributed by atoms with Crippen molar-refractivity contribution in [3.05, 3.63) is 90.2 Å². The first kappa shape index (κ1) is 17.8. The Balaban J connectivity index is 1.51. The van der Waals surface area contributed by atoms with Gasteiger partial charge < -0.3 is 9.15 Å². The number of carbonyl (C=O) groups is 2. The second-order valence-corrected chi connectivity index (χ2v) is 5.28. The van der Waals surface area contributed by atoms with E-state index in [0.717, 1.165) is 5.56 Å². The molecular weight excluding hydrogens is 346 g/mol. The lowest BCUT2D eigenvalue weighted by Gasteiger charge is -2.01. The first-order valence-corrected chi connectivity index (χ1v) is 7.97. The van der Waals surface area contributed by atoms with Crippen LogP contribution in [0.2, 0.25) is 0 Å². The fourth-order valence-corrected chi connectivity index (χ4v) is 2.04. The van der Waals surface area contributed by atoms with Crippen molar-refractivity contribution in [3.8, 4) is 5.75 Å². The summed E-state index contributed by atoms with van der Waals surface area (Å²) in [5.41, 5.74) is 3.56. The van der Waals surface area contributed by atoms with Crippen LogP contribution in [0.25, 0.3) is 6.08 Å². The molecule has 2 heterocycles. The van der Waals surface area contributed by atoms with E-state index in [1.165, 1.54) is 30.8 Å². The summed E-state index contributed by atoms with van der Waals surface area (Å²) in [7, 11) is 0. The van der Waals surface area contributed by atoms with Crippen molar-refractivity contribution in [1.82, 2.24) is 10.4 Å². The van der Waals surface area contributed by atoms with Gasteiger partial charge in [0.05, 0.1) is 18.0 Å². The van der Waals surface area contributed by atoms with Gasteiger partial charge in [-0.1, -0.05) is 0 Å². The number of nitrogens with zero attached hydrogens (tertiary/aromatic N) is 2. The van der Waals surface area contributed by atoms with E-state index < -0.39 is 5.97 Å². The zero-order valence-electron chi connectivity index (χ0n) is 14.1. The molecule has 0 spiro atoms. The zero-order chi connectivity index (χ0) is 18.9. The number of carbonyl (C=O) groups excluding carboxylic acids is 2. The highest BCUT2D eigenvalue weighted by atomic mass is 16.5. The minimum absolute atomic E-state index is 0.353. The fraction of sp³-hybridized carbons (Fsp3) is 0. The molecule has 0 unspecified atom stereocenters. The summed E-state index contributed by atoms with van der Waals surface area (Å²) in [5.74, 6) is 0.0808. The van der Waals surface area contributed by atoms with E-state index >= 15 is 0 Å². The number of nitrogens with one attached hydrogen (secondary N) is 1. The van der Waals surface area contributed by atoms with E-state index in [1.807, 2.05) is 0 Å². The minimum atomic E-state index is -0.517. The van der Waals surface area contributed by atoms with E-state index in [2.05, 4.69) is 15.5 Å². The van der Waals surface area contributed by atoms with Crippen LogP contribution in [-0.4, -0.2) is 23.1 Å². The van der Waals surface area contributed by atoms with Gasteiger partial charge in [-0.2, -0.15) is 5.10 Å². The van der Waals surface area contributed by atoms with Crippen LogP contribution in [0, 0.1) is 0 Å². The van der Waals surface area contributed by atoms with Gasteiger partial charge in [0.25, 0.3) is 5.91 Å². The lowest BCUT2D eigenvalue weighted by molar-refractivity contribution is -0.128. The molecular formula is C20H15N3O4. The standard InChI is InChI=1S/C20H15N3O4/c24-19(10-9-17-4-2-12-26-17)27-18-7-5-15(6-8-18)13-22-23-20(25)16-3-1-11-21-14-16/h1-14H,(H,23,25)/b10-9-,22-13?. The molecule has 134 valence electrons. The molecule has 0 aliphatic rings. The Kier molecular flexibility index (Phi) is 5.88. The minimum Gasteiger partial charge on any atom is -0.465 e. The molecule has 0 atom stereocenters. The molecule has 3 rings (SSSR count). The van der Waals surface area contributed by atoms with Crippen molar-refractivity contribution < 1.29 is 18.7 Å². The lowest BCUT2D eigenvalue weighted by atomic mass is 10.2. The molecule has 0 bridgehead atoms. The second-order valence-electron chi connectivity index (χ2n) is 5.28. The molecule has 1 N–H and O–H groups in total. The molecule has 1 aromatic carbocycles. The number of furan rings is 1. The van der Waals surface area contributed by atoms with E-state index in [-0.39, 0.29) is 5.91 Å². The molecule has 3 aromatic rings. The predicted molar refractivity (Wildman–Crippen MR) is 99.1 cm³/mol. The van der Waals surface area contributed by atoms with Crippen LogP contribution >= 0.6 is 0 Å². The van der Waals surface area contributed by atoms with Crippen molar-refractivity contribution in [3.63, 3.8) is 0 Å². The van der Waals surface area contributed by atoms with Crippen molar-refractivity contribution in [1.29, 1.82) is 0 Å². The maximum atomic E-state index is 11.8. The Labute approximate surface area is 155 Å². The molecule has 27 heavy (non-hydrogen) atoms. The summed E-state index contributed by atoms with van der Waals surface area (Å²) in [6.45, 7) is 0. The fourth-order valence-electron chi connectivity index (χ4n) is 2.04. The van der Waals surface area contributed by atoms with Crippen LogP contribution in [0.5, 0.6) is 5.75 Å². The van der Waals surface area contributed by atoms with Crippen molar-refractivity contribution in [2.75, 3.05) is 0 Å². The Bertz CT molecular complexity index is 947. The largest absolute Gasteiger partial charge is 0.465 e. The molecule has 0 aliphatic heterocycles. The number of esters is 1. The van der Waals surface area contributed by atoms with Gasteiger partial charge in [-0.05, 0) is 60.2 Å². The molecule has 0 aliphatic carbocycles. The number of hydrogen-bond donors (Lipinski definition) is 1. The van der Waals surface area contributed by atoms with Crippen LogP contribution in [0.3, 0.4) is 0 Å². The molecule has 2 aromatic heterocycles. The highest BCUT2D eigenvalue weighted by Crippen LogP contribution is 2.12. The molecule has 0 saturated heterocycles. The SMILES string of the molecule is O=C(/C=C\c1ccco1)Oc1ccc(C=NNC(=O)c2cccnc2)cc1. The molecule has 7 nitrogen and oxygen atoms in total. The van der Waals surface area contributed by atoms with Gasteiger partial charge in [0.2, 0.25) is 0 Å². The molecule has 1 amide bonds. The Morgan fingerprint density at radius 2 is 1.96 bits per heavy atom. The van der Waals surface area contributed by atoms with Gasteiger partial charge in [0.1, 0.15) is 11.5 Å². The number of hydrazone groups is 1. The van der Waals surface area contributed by atoms with Gasteiger partial charge in [0, 0.05) is 18.5 Å². The van der Waals surface area contributed by atoms with Gasteiger partial charge in [-0.3, -0.25) is 9.78 Å². The van der Waals surface area contributed by atoms with Gasteiger partial charge in [-0.25, -0.2) is 10.2 Å². The molecule has 7 heteroatoms. The first-order valence-electron chi connectivity index (χ1n) is 7.97. The third-order valence-electron chi connectivity index (χ3n) is 3.33. The van der Waals surface area contributed by atoms with Crippen LogP contribution in [0.15, 0.2) is 82.8 Å². The maximum absolute atomic E-state index is 11.8. The third kappa shape index (κ3) is 5.50. The summed E-state index contributed by atoms with van der Waals surface area (Å²) < 4.78 is 10.3. The van der Waals surface area contributed by atoms with Crippen LogP contribution < -0.4 is 10.2 Å². The summed E-state index contributed by atoms with van der Waals surface area (Å²) in [6, 6.07) is 13.4. The first-order chi connectivity index (χ1) is 13.2. The lowest BCUT2D eigenvalue weighted by Crippen LogP contribution is -2.17. The van der Waals surface area contributed by atoms with Crippen LogP contribution in [-0.2, 0) is 4.79 Å². The topological polar surface area (TPSA) is 93.8 Å². The van der Waals surface area contributed by atoms with Gasteiger partial charge >= 0.3 is 5.97 Å². The number of rotatable bonds is 6. The van der Waals surface area contributed by atoms with Crippen molar-refractivity contribution >= 4 is 24.2 Å². The molecule has 0 fully saturated rings. The van der Waals surface area contributed by atoms with E-state index in [0.29, 0.717) is 17.1 Å². The van der Waals surface area contributed by atoms with Crippen molar-refractivity contribution in [2.24, 2.45) is 5.10 Å². The average molecular weight is 361 g/mol.